The molecule has 0 bridgehead atoms. The molecule has 2 nitrogen and oxygen atoms in total. The first kappa shape index (κ1) is 13.7. The number of aliphatic hydroxyl groups is 1. The van der Waals surface area contributed by atoms with E-state index in [2.05, 4.69) is 21.2 Å². The molecule has 2 N–H and O–H groups in total. The Bertz CT molecular complexity index is 449. The van der Waals surface area contributed by atoms with Crippen molar-refractivity contribution in [3.63, 3.8) is 0 Å². The maximum Gasteiger partial charge on any atom is 0.129 e. The van der Waals surface area contributed by atoms with Gasteiger partial charge in [-0.15, -0.1) is 0 Å². The predicted octanol–water partition coefficient (Wildman–Crippen LogP) is 3.18. The lowest BCUT2D eigenvalue weighted by Crippen LogP contribution is -2.29. The molecule has 0 fully saturated rings. The standard InChI is InChI=1S/C14H17BrFNO/c1-9(13-5-3-11(15)7-14(13)16)17-12-4-2-10(6-12)8-18/h2-5,7,9-10,12,17-18H,6,8H2,1H3/t9?,10-,12+/m0/s1. The smallest absolute Gasteiger partial charge is 0.129 e. The Morgan fingerprint density at radius 1 is 1.50 bits per heavy atom. The summed E-state index contributed by atoms with van der Waals surface area (Å²) in [5, 5.41) is 12.4. The lowest BCUT2D eigenvalue weighted by atomic mass is 10.1. The average Bonchev–Trinajstić information content (AvgIpc) is 2.76. The van der Waals surface area contributed by atoms with Crippen LogP contribution in [0.25, 0.3) is 0 Å². The maximum atomic E-state index is 13.8. The van der Waals surface area contributed by atoms with Gasteiger partial charge in [-0.25, -0.2) is 4.39 Å². The van der Waals surface area contributed by atoms with Crippen LogP contribution in [-0.2, 0) is 0 Å². The van der Waals surface area contributed by atoms with E-state index in [-0.39, 0.29) is 30.4 Å². The third-order valence-corrected chi connectivity index (χ3v) is 3.79. The molecule has 18 heavy (non-hydrogen) atoms. The molecule has 2 rings (SSSR count). The molecule has 3 atom stereocenters. The monoisotopic (exact) mass is 313 g/mol. The van der Waals surface area contributed by atoms with Gasteiger partial charge in [-0.05, 0) is 25.5 Å². The van der Waals surface area contributed by atoms with Crippen LogP contribution in [0.15, 0.2) is 34.8 Å². The van der Waals surface area contributed by atoms with Gasteiger partial charge in [0.25, 0.3) is 0 Å². The van der Waals surface area contributed by atoms with E-state index in [9.17, 15) is 4.39 Å². The van der Waals surface area contributed by atoms with E-state index in [1.165, 1.54) is 6.07 Å². The van der Waals surface area contributed by atoms with Gasteiger partial charge in [0, 0.05) is 34.6 Å². The highest BCUT2D eigenvalue weighted by Gasteiger charge is 2.21. The Labute approximate surface area is 115 Å². The molecule has 1 aromatic rings. The summed E-state index contributed by atoms with van der Waals surface area (Å²) < 4.78 is 14.5. The number of halogens is 2. The summed E-state index contributed by atoms with van der Waals surface area (Å²) in [4.78, 5) is 0. The van der Waals surface area contributed by atoms with Crippen LogP contribution in [0.3, 0.4) is 0 Å². The molecule has 0 saturated heterocycles. The van der Waals surface area contributed by atoms with Crippen LogP contribution in [0.1, 0.15) is 24.9 Å². The molecule has 1 unspecified atom stereocenters. The quantitative estimate of drug-likeness (QED) is 0.837. The van der Waals surface area contributed by atoms with Gasteiger partial charge >= 0.3 is 0 Å². The molecule has 0 heterocycles. The summed E-state index contributed by atoms with van der Waals surface area (Å²) in [7, 11) is 0. The van der Waals surface area contributed by atoms with Crippen molar-refractivity contribution in [2.75, 3.05) is 6.61 Å². The first-order valence-electron chi connectivity index (χ1n) is 6.10. The van der Waals surface area contributed by atoms with Crippen LogP contribution < -0.4 is 5.32 Å². The Kier molecular flexibility index (Phi) is 4.54. The van der Waals surface area contributed by atoms with Gasteiger partial charge in [0.05, 0.1) is 0 Å². The molecule has 0 spiro atoms. The third-order valence-electron chi connectivity index (χ3n) is 3.30. The van der Waals surface area contributed by atoms with Crippen molar-refractivity contribution in [3.8, 4) is 0 Å². The highest BCUT2D eigenvalue weighted by molar-refractivity contribution is 9.10. The van der Waals surface area contributed by atoms with Gasteiger partial charge in [0.1, 0.15) is 5.82 Å². The Hall–Kier alpha value is -0.710. The minimum atomic E-state index is -0.204. The molecule has 1 aromatic carbocycles. The van der Waals surface area contributed by atoms with Gasteiger partial charge in [0.2, 0.25) is 0 Å². The fourth-order valence-corrected chi connectivity index (χ4v) is 2.63. The maximum absolute atomic E-state index is 13.8. The van der Waals surface area contributed by atoms with Crippen molar-refractivity contribution in [1.82, 2.24) is 5.32 Å². The molecule has 98 valence electrons. The van der Waals surface area contributed by atoms with Gasteiger partial charge in [0.15, 0.2) is 0 Å². The van der Waals surface area contributed by atoms with E-state index < -0.39 is 0 Å². The van der Waals surface area contributed by atoms with E-state index in [0.717, 1.165) is 10.9 Å². The Balaban J connectivity index is 2.00. The van der Waals surface area contributed by atoms with E-state index >= 15 is 0 Å². The zero-order chi connectivity index (χ0) is 13.1. The fraction of sp³-hybridized carbons (Fsp3) is 0.429. The van der Waals surface area contributed by atoms with Crippen LogP contribution in [0.2, 0.25) is 0 Å². The van der Waals surface area contributed by atoms with E-state index in [1.54, 1.807) is 6.07 Å². The van der Waals surface area contributed by atoms with Crippen LogP contribution in [0, 0.1) is 11.7 Å². The van der Waals surface area contributed by atoms with E-state index in [1.807, 2.05) is 25.1 Å². The van der Waals surface area contributed by atoms with Crippen LogP contribution >= 0.6 is 15.9 Å². The second kappa shape index (κ2) is 5.95. The van der Waals surface area contributed by atoms with Gasteiger partial charge in [-0.2, -0.15) is 0 Å². The molecular weight excluding hydrogens is 297 g/mol. The molecule has 0 aromatic heterocycles. The lowest BCUT2D eigenvalue weighted by Gasteiger charge is -2.20. The summed E-state index contributed by atoms with van der Waals surface area (Å²) in [5.74, 6) is 0.0227. The summed E-state index contributed by atoms with van der Waals surface area (Å²) in [6.45, 7) is 2.13. The van der Waals surface area contributed by atoms with E-state index in [4.69, 9.17) is 5.11 Å². The molecule has 4 heteroatoms. The molecule has 0 saturated carbocycles. The van der Waals surface area contributed by atoms with Gasteiger partial charge in [-0.1, -0.05) is 34.1 Å². The summed E-state index contributed by atoms with van der Waals surface area (Å²) in [6, 6.07) is 5.27. The number of nitrogens with one attached hydrogen (secondary N) is 1. The number of hydrogen-bond acceptors (Lipinski definition) is 2. The van der Waals surface area contributed by atoms with Crippen molar-refractivity contribution in [2.24, 2.45) is 5.92 Å². The number of aliphatic hydroxyl groups excluding tert-OH is 1. The second-order valence-corrected chi connectivity index (χ2v) is 5.64. The average molecular weight is 314 g/mol. The van der Waals surface area contributed by atoms with Crippen molar-refractivity contribution in [1.29, 1.82) is 0 Å². The normalized spacial score (nSPS) is 24.4. The topological polar surface area (TPSA) is 32.3 Å². The minimum absolute atomic E-state index is 0.0507. The van der Waals surface area contributed by atoms with Crippen LogP contribution in [0.4, 0.5) is 4.39 Å². The zero-order valence-corrected chi connectivity index (χ0v) is 11.8. The first-order valence-corrected chi connectivity index (χ1v) is 6.89. The predicted molar refractivity (Wildman–Crippen MR) is 73.8 cm³/mol. The van der Waals surface area contributed by atoms with Crippen molar-refractivity contribution < 1.29 is 9.50 Å². The van der Waals surface area contributed by atoms with Crippen molar-refractivity contribution >= 4 is 15.9 Å². The molecule has 1 aliphatic rings. The highest BCUT2D eigenvalue weighted by Crippen LogP contribution is 2.24. The minimum Gasteiger partial charge on any atom is -0.396 e. The first-order chi connectivity index (χ1) is 8.60. The SMILES string of the molecule is CC(N[C@@H]1C=C[C@H](CO)C1)c1ccc(Br)cc1F. The van der Waals surface area contributed by atoms with Crippen molar-refractivity contribution in [3.05, 3.63) is 46.2 Å². The van der Waals surface area contributed by atoms with Crippen LogP contribution in [-0.4, -0.2) is 17.8 Å². The fourth-order valence-electron chi connectivity index (χ4n) is 2.30. The number of hydrogen-bond donors (Lipinski definition) is 2. The second-order valence-electron chi connectivity index (χ2n) is 4.72. The van der Waals surface area contributed by atoms with E-state index in [0.29, 0.717) is 5.56 Å². The third kappa shape index (κ3) is 3.19. The Morgan fingerprint density at radius 2 is 2.28 bits per heavy atom. The zero-order valence-electron chi connectivity index (χ0n) is 10.2. The number of rotatable bonds is 4. The molecule has 0 amide bonds. The Morgan fingerprint density at radius 3 is 2.89 bits per heavy atom. The lowest BCUT2D eigenvalue weighted by molar-refractivity contribution is 0.245. The molecule has 0 aliphatic heterocycles. The van der Waals surface area contributed by atoms with Gasteiger partial charge in [-0.3, -0.25) is 0 Å². The summed E-state index contributed by atoms with van der Waals surface area (Å²) >= 11 is 3.25. The molecule has 1 aliphatic carbocycles. The molecular formula is C14H17BrFNO. The largest absolute Gasteiger partial charge is 0.396 e. The molecule has 0 radical (unpaired) electrons. The summed E-state index contributed by atoms with van der Waals surface area (Å²) in [6.07, 6.45) is 4.94. The van der Waals surface area contributed by atoms with Crippen LogP contribution in [0.5, 0.6) is 0 Å². The van der Waals surface area contributed by atoms with Gasteiger partial charge < -0.3 is 10.4 Å². The highest BCUT2D eigenvalue weighted by atomic mass is 79.9. The van der Waals surface area contributed by atoms with Crippen molar-refractivity contribution in [2.45, 2.75) is 25.4 Å². The summed E-state index contributed by atoms with van der Waals surface area (Å²) in [5.41, 5.74) is 0.666. The number of benzene rings is 1.